The molecule has 0 fully saturated rings. The van der Waals surface area contributed by atoms with Crippen LogP contribution in [0.5, 0.6) is 5.75 Å². The summed E-state index contributed by atoms with van der Waals surface area (Å²) in [4.78, 5) is 0. The van der Waals surface area contributed by atoms with Gasteiger partial charge in [0, 0.05) is 6.42 Å². The van der Waals surface area contributed by atoms with Crippen LogP contribution < -0.4 is 4.74 Å². The van der Waals surface area contributed by atoms with Gasteiger partial charge in [0.2, 0.25) is 0 Å². The molecule has 0 saturated carbocycles. The molecule has 88 valence electrons. The van der Waals surface area contributed by atoms with E-state index in [1.165, 1.54) is 6.07 Å². The molecule has 1 N–H and O–H groups in total. The molecule has 2 nitrogen and oxygen atoms in total. The summed E-state index contributed by atoms with van der Waals surface area (Å²) >= 11 is 0. The molecule has 1 aromatic rings. The minimum absolute atomic E-state index is 0.117. The highest BCUT2D eigenvalue weighted by Gasteiger charge is 2.57. The fraction of sp³-hybridized carbons (Fsp3) is 0.455. The first kappa shape index (κ1) is 11.3. The Balaban J connectivity index is 2.36. The lowest BCUT2D eigenvalue weighted by molar-refractivity contribution is -0.340. The lowest BCUT2D eigenvalue weighted by Crippen LogP contribution is -2.52. The first-order chi connectivity index (χ1) is 7.32. The molecule has 1 aromatic carbocycles. The topological polar surface area (TPSA) is 29.5 Å². The van der Waals surface area contributed by atoms with Crippen LogP contribution in [-0.2, 0) is 6.42 Å². The maximum Gasteiger partial charge on any atom is 0.455 e. The van der Waals surface area contributed by atoms with Crippen molar-refractivity contribution in [3.8, 4) is 5.75 Å². The van der Waals surface area contributed by atoms with Gasteiger partial charge in [0.15, 0.2) is 0 Å². The lowest BCUT2D eigenvalue weighted by atomic mass is 9.98. The minimum Gasteiger partial charge on any atom is -0.453 e. The van der Waals surface area contributed by atoms with Gasteiger partial charge in [-0.3, -0.25) is 0 Å². The molecule has 0 bridgehead atoms. The molecule has 1 aliphatic heterocycles. The van der Waals surface area contributed by atoms with E-state index in [0.717, 1.165) is 5.56 Å². The molecule has 1 aliphatic rings. The number of fused-ring (bicyclic) bond motifs is 1. The fourth-order valence-corrected chi connectivity index (χ4v) is 1.70. The summed E-state index contributed by atoms with van der Waals surface area (Å²) in [6.45, 7) is 1.75. The third kappa shape index (κ3) is 1.75. The molecule has 0 spiro atoms. The summed E-state index contributed by atoms with van der Waals surface area (Å²) in [6.07, 6.45) is -5.08. The zero-order valence-electron chi connectivity index (χ0n) is 8.64. The summed E-state index contributed by atoms with van der Waals surface area (Å²) in [5.74, 6) is -2.93. The molecule has 2 rings (SSSR count). The van der Waals surface area contributed by atoms with Crippen molar-refractivity contribution in [3.05, 3.63) is 29.3 Å². The summed E-state index contributed by atoms with van der Waals surface area (Å²) in [5.41, 5.74) is 1.49. The minimum atomic E-state index is -4.77. The molecule has 5 heteroatoms. The Morgan fingerprint density at radius 2 is 2.06 bits per heavy atom. The predicted octanol–water partition coefficient (Wildman–Crippen LogP) is 2.57. The number of aryl methyl sites for hydroxylation is 2. The van der Waals surface area contributed by atoms with Crippen LogP contribution in [0.4, 0.5) is 13.2 Å². The second kappa shape index (κ2) is 3.38. The number of halogens is 3. The van der Waals surface area contributed by atoms with Gasteiger partial charge in [0.1, 0.15) is 5.75 Å². The van der Waals surface area contributed by atoms with Crippen molar-refractivity contribution in [2.75, 3.05) is 0 Å². The first-order valence-electron chi connectivity index (χ1n) is 4.89. The molecule has 0 aromatic heterocycles. The second-order valence-electron chi connectivity index (χ2n) is 4.00. The zero-order chi connectivity index (χ0) is 12.0. The molecule has 1 atom stereocenters. The van der Waals surface area contributed by atoms with Gasteiger partial charge in [0.05, 0.1) is 0 Å². The van der Waals surface area contributed by atoms with Gasteiger partial charge in [-0.2, -0.15) is 13.2 Å². The van der Waals surface area contributed by atoms with Crippen LogP contribution in [0.2, 0.25) is 0 Å². The highest BCUT2D eigenvalue weighted by molar-refractivity contribution is 5.39. The number of hydrogen-bond donors (Lipinski definition) is 1. The summed E-state index contributed by atoms with van der Waals surface area (Å²) < 4.78 is 42.3. The molecule has 0 aliphatic carbocycles. The van der Waals surface area contributed by atoms with E-state index in [9.17, 15) is 18.3 Å². The van der Waals surface area contributed by atoms with Crippen LogP contribution in [-0.4, -0.2) is 17.1 Å². The van der Waals surface area contributed by atoms with Crippen molar-refractivity contribution in [2.24, 2.45) is 0 Å². The van der Waals surface area contributed by atoms with E-state index in [1.807, 2.05) is 0 Å². The second-order valence-corrected chi connectivity index (χ2v) is 4.00. The first-order valence-corrected chi connectivity index (χ1v) is 4.89. The molecular formula is C11H11F3O2. The number of hydrogen-bond acceptors (Lipinski definition) is 2. The van der Waals surface area contributed by atoms with Crippen molar-refractivity contribution in [3.63, 3.8) is 0 Å². The summed E-state index contributed by atoms with van der Waals surface area (Å²) in [5, 5.41) is 9.40. The van der Waals surface area contributed by atoms with Gasteiger partial charge in [0.25, 0.3) is 0 Å². The third-order valence-electron chi connectivity index (χ3n) is 2.68. The number of alkyl halides is 3. The number of rotatable bonds is 0. The smallest absolute Gasteiger partial charge is 0.453 e. The standard InChI is InChI=1S/C11H11F3O2/c1-7-2-3-8-4-5-10(15,11(12,13)14)16-9(8)6-7/h2-3,6,15H,4-5H2,1H3. The van der Waals surface area contributed by atoms with Crippen molar-refractivity contribution < 1.29 is 23.0 Å². The average molecular weight is 232 g/mol. The molecule has 1 heterocycles. The highest BCUT2D eigenvalue weighted by Crippen LogP contribution is 2.41. The fourth-order valence-electron chi connectivity index (χ4n) is 1.70. The van der Waals surface area contributed by atoms with Crippen LogP contribution in [0.25, 0.3) is 0 Å². The Hall–Kier alpha value is -1.23. The third-order valence-corrected chi connectivity index (χ3v) is 2.68. The van der Waals surface area contributed by atoms with E-state index in [1.54, 1.807) is 19.1 Å². The monoisotopic (exact) mass is 232 g/mol. The van der Waals surface area contributed by atoms with E-state index in [0.29, 0.717) is 5.56 Å². The van der Waals surface area contributed by atoms with Crippen molar-refractivity contribution >= 4 is 0 Å². The largest absolute Gasteiger partial charge is 0.455 e. The quantitative estimate of drug-likeness (QED) is 0.745. The van der Waals surface area contributed by atoms with E-state index in [2.05, 4.69) is 0 Å². The molecular weight excluding hydrogens is 221 g/mol. The van der Waals surface area contributed by atoms with Gasteiger partial charge in [-0.15, -0.1) is 0 Å². The van der Waals surface area contributed by atoms with Crippen LogP contribution in [0.15, 0.2) is 18.2 Å². The lowest BCUT2D eigenvalue weighted by Gasteiger charge is -2.35. The molecule has 0 saturated heterocycles. The van der Waals surface area contributed by atoms with Gasteiger partial charge in [-0.05, 0) is 30.5 Å². The predicted molar refractivity (Wildman–Crippen MR) is 51.1 cm³/mol. The molecule has 0 radical (unpaired) electrons. The average Bonchev–Trinajstić information content (AvgIpc) is 2.15. The van der Waals surface area contributed by atoms with Crippen LogP contribution >= 0.6 is 0 Å². The van der Waals surface area contributed by atoms with Crippen molar-refractivity contribution in [2.45, 2.75) is 31.7 Å². The summed E-state index contributed by atoms with van der Waals surface area (Å²) in [7, 11) is 0. The maximum atomic E-state index is 12.5. The highest BCUT2D eigenvalue weighted by atomic mass is 19.4. The SMILES string of the molecule is Cc1ccc2c(c1)OC(O)(C(F)(F)F)CC2. The molecule has 0 amide bonds. The Bertz CT molecular complexity index is 414. The van der Waals surface area contributed by atoms with Gasteiger partial charge < -0.3 is 9.84 Å². The Labute approximate surface area is 90.7 Å². The normalized spacial score (nSPS) is 24.8. The summed E-state index contributed by atoms with van der Waals surface area (Å²) in [6, 6.07) is 5.03. The van der Waals surface area contributed by atoms with Crippen molar-refractivity contribution in [1.82, 2.24) is 0 Å². The molecule has 1 unspecified atom stereocenters. The molecule has 16 heavy (non-hydrogen) atoms. The Morgan fingerprint density at radius 1 is 1.38 bits per heavy atom. The Morgan fingerprint density at radius 3 is 2.69 bits per heavy atom. The van der Waals surface area contributed by atoms with E-state index < -0.39 is 18.4 Å². The van der Waals surface area contributed by atoms with Gasteiger partial charge in [-0.1, -0.05) is 12.1 Å². The van der Waals surface area contributed by atoms with Crippen LogP contribution in [0.1, 0.15) is 17.5 Å². The van der Waals surface area contributed by atoms with E-state index in [4.69, 9.17) is 4.74 Å². The van der Waals surface area contributed by atoms with E-state index in [-0.39, 0.29) is 12.2 Å². The maximum absolute atomic E-state index is 12.5. The zero-order valence-corrected chi connectivity index (χ0v) is 8.64. The van der Waals surface area contributed by atoms with Gasteiger partial charge in [-0.25, -0.2) is 0 Å². The van der Waals surface area contributed by atoms with E-state index >= 15 is 0 Å². The Kier molecular flexibility index (Phi) is 2.38. The van der Waals surface area contributed by atoms with Crippen LogP contribution in [0.3, 0.4) is 0 Å². The van der Waals surface area contributed by atoms with Gasteiger partial charge >= 0.3 is 12.0 Å². The number of ether oxygens (including phenoxy) is 1. The van der Waals surface area contributed by atoms with Crippen LogP contribution in [0, 0.1) is 6.92 Å². The number of aliphatic hydroxyl groups is 1. The number of benzene rings is 1. The van der Waals surface area contributed by atoms with Crippen molar-refractivity contribution in [1.29, 1.82) is 0 Å².